The number of unbranched alkanes of at least 4 members (excludes halogenated alkanes) is 3. The van der Waals surface area contributed by atoms with Gasteiger partial charge in [-0.25, -0.2) is 4.79 Å². The van der Waals surface area contributed by atoms with Crippen LogP contribution in [0, 0.1) is 0 Å². The van der Waals surface area contributed by atoms with Gasteiger partial charge in [-0.2, -0.15) is 0 Å². The summed E-state index contributed by atoms with van der Waals surface area (Å²) in [6.07, 6.45) is 4.25. The summed E-state index contributed by atoms with van der Waals surface area (Å²) in [7, 11) is 3.98. The summed E-state index contributed by atoms with van der Waals surface area (Å²) >= 11 is 0. The standard InChI is InChI=1S/C13H28N2O3/c1-4-5-6-7-8-14-13(16)18-12-11-17-10-9-15(2)3/h4-12H2,1-3H3,(H,14,16). The van der Waals surface area contributed by atoms with Crippen LogP contribution in [0.3, 0.4) is 0 Å². The summed E-state index contributed by atoms with van der Waals surface area (Å²) in [4.78, 5) is 13.3. The van der Waals surface area contributed by atoms with E-state index in [-0.39, 0.29) is 6.09 Å². The summed E-state index contributed by atoms with van der Waals surface area (Å²) in [6.45, 7) is 5.17. The third-order valence-electron chi connectivity index (χ3n) is 2.44. The Morgan fingerprint density at radius 1 is 1.11 bits per heavy atom. The van der Waals surface area contributed by atoms with Crippen molar-refractivity contribution in [2.75, 3.05) is 47.0 Å². The van der Waals surface area contributed by atoms with E-state index in [2.05, 4.69) is 12.2 Å². The molecular formula is C13H28N2O3. The highest BCUT2D eigenvalue weighted by atomic mass is 16.6. The van der Waals surface area contributed by atoms with Crippen molar-refractivity contribution in [1.82, 2.24) is 10.2 Å². The van der Waals surface area contributed by atoms with Gasteiger partial charge in [0.2, 0.25) is 0 Å². The molecule has 0 saturated carbocycles. The van der Waals surface area contributed by atoms with Gasteiger partial charge in [-0.1, -0.05) is 26.2 Å². The number of carbonyl (C=O) groups is 1. The van der Waals surface area contributed by atoms with Crippen LogP contribution in [0.25, 0.3) is 0 Å². The summed E-state index contributed by atoms with van der Waals surface area (Å²) in [6, 6.07) is 0. The number of nitrogens with one attached hydrogen (secondary N) is 1. The first-order chi connectivity index (χ1) is 8.66. The number of ether oxygens (including phenoxy) is 2. The molecule has 0 aromatic rings. The molecule has 0 saturated heterocycles. The molecule has 0 radical (unpaired) electrons. The van der Waals surface area contributed by atoms with Gasteiger partial charge in [0.05, 0.1) is 13.2 Å². The second-order valence-electron chi connectivity index (χ2n) is 4.54. The number of rotatable bonds is 11. The highest BCUT2D eigenvalue weighted by Gasteiger charge is 2.00. The maximum absolute atomic E-state index is 11.2. The lowest BCUT2D eigenvalue weighted by molar-refractivity contribution is 0.0661. The molecule has 0 aliphatic carbocycles. The fourth-order valence-electron chi connectivity index (χ4n) is 1.34. The molecule has 0 unspecified atom stereocenters. The van der Waals surface area contributed by atoms with Gasteiger partial charge < -0.3 is 19.7 Å². The number of carbonyl (C=O) groups excluding carboxylic acids is 1. The number of nitrogens with zero attached hydrogens (tertiary/aromatic N) is 1. The molecule has 0 spiro atoms. The zero-order chi connectivity index (χ0) is 13.6. The van der Waals surface area contributed by atoms with Crippen LogP contribution in [0.1, 0.15) is 32.6 Å². The van der Waals surface area contributed by atoms with E-state index in [9.17, 15) is 4.79 Å². The summed E-state index contributed by atoms with van der Waals surface area (Å²) in [5.74, 6) is 0. The van der Waals surface area contributed by atoms with Gasteiger partial charge in [-0.3, -0.25) is 0 Å². The van der Waals surface area contributed by atoms with Crippen LogP contribution < -0.4 is 5.32 Å². The van der Waals surface area contributed by atoms with Crippen LogP contribution in [0.4, 0.5) is 4.79 Å². The lowest BCUT2D eigenvalue weighted by atomic mass is 10.2. The Morgan fingerprint density at radius 3 is 2.56 bits per heavy atom. The smallest absolute Gasteiger partial charge is 0.407 e. The van der Waals surface area contributed by atoms with Crippen molar-refractivity contribution in [3.8, 4) is 0 Å². The first-order valence-electron chi connectivity index (χ1n) is 6.80. The van der Waals surface area contributed by atoms with Crippen molar-refractivity contribution in [1.29, 1.82) is 0 Å². The van der Waals surface area contributed by atoms with Crippen LogP contribution in [-0.4, -0.2) is 58.0 Å². The van der Waals surface area contributed by atoms with Gasteiger partial charge in [0.25, 0.3) is 0 Å². The molecule has 1 amide bonds. The lowest BCUT2D eigenvalue weighted by Crippen LogP contribution is -2.27. The van der Waals surface area contributed by atoms with Crippen molar-refractivity contribution in [3.05, 3.63) is 0 Å². The van der Waals surface area contributed by atoms with Crippen LogP contribution in [0.15, 0.2) is 0 Å². The Labute approximate surface area is 111 Å². The minimum Gasteiger partial charge on any atom is -0.447 e. The zero-order valence-corrected chi connectivity index (χ0v) is 12.0. The zero-order valence-electron chi connectivity index (χ0n) is 12.0. The number of likely N-dealkylation sites (N-methyl/N-ethyl adjacent to an activating group) is 1. The quantitative estimate of drug-likeness (QED) is 0.576. The minimum absolute atomic E-state index is 0.314. The predicted molar refractivity (Wildman–Crippen MR) is 72.9 cm³/mol. The van der Waals surface area contributed by atoms with Crippen molar-refractivity contribution in [2.24, 2.45) is 0 Å². The highest BCUT2D eigenvalue weighted by molar-refractivity contribution is 5.66. The largest absolute Gasteiger partial charge is 0.447 e. The molecule has 0 bridgehead atoms. The second kappa shape index (κ2) is 12.6. The summed E-state index contributed by atoms with van der Waals surface area (Å²) in [5.41, 5.74) is 0. The first kappa shape index (κ1) is 17.2. The molecule has 0 heterocycles. The molecule has 0 atom stereocenters. The molecule has 0 aromatic heterocycles. The average molecular weight is 260 g/mol. The van der Waals surface area contributed by atoms with Crippen LogP contribution in [0.5, 0.6) is 0 Å². The number of hydrogen-bond donors (Lipinski definition) is 1. The molecule has 0 rings (SSSR count). The van der Waals surface area contributed by atoms with E-state index >= 15 is 0 Å². The fraction of sp³-hybridized carbons (Fsp3) is 0.923. The van der Waals surface area contributed by atoms with Gasteiger partial charge in [0.15, 0.2) is 0 Å². The number of alkyl carbamates (subject to hydrolysis) is 1. The molecule has 108 valence electrons. The first-order valence-corrected chi connectivity index (χ1v) is 6.80. The van der Waals surface area contributed by atoms with E-state index in [0.29, 0.717) is 26.4 Å². The van der Waals surface area contributed by atoms with Gasteiger partial charge in [-0.15, -0.1) is 0 Å². The lowest BCUT2D eigenvalue weighted by Gasteiger charge is -2.10. The van der Waals surface area contributed by atoms with Gasteiger partial charge in [0.1, 0.15) is 6.61 Å². The fourth-order valence-corrected chi connectivity index (χ4v) is 1.34. The van der Waals surface area contributed by atoms with Crippen LogP contribution >= 0.6 is 0 Å². The third-order valence-corrected chi connectivity index (χ3v) is 2.44. The monoisotopic (exact) mass is 260 g/mol. The summed E-state index contributed by atoms with van der Waals surface area (Å²) < 4.78 is 10.3. The number of amides is 1. The Kier molecular flexibility index (Phi) is 12.1. The van der Waals surface area contributed by atoms with E-state index in [1.54, 1.807) is 0 Å². The maximum Gasteiger partial charge on any atom is 0.407 e. The van der Waals surface area contributed by atoms with E-state index in [0.717, 1.165) is 19.4 Å². The molecule has 5 heteroatoms. The average Bonchev–Trinajstić information content (AvgIpc) is 2.33. The molecule has 0 fully saturated rings. The molecule has 1 N–H and O–H groups in total. The van der Waals surface area contributed by atoms with Gasteiger partial charge in [-0.05, 0) is 20.5 Å². The van der Waals surface area contributed by atoms with Crippen molar-refractivity contribution in [2.45, 2.75) is 32.6 Å². The van der Waals surface area contributed by atoms with Crippen LogP contribution in [0.2, 0.25) is 0 Å². The third kappa shape index (κ3) is 13.3. The summed E-state index contributed by atoms with van der Waals surface area (Å²) in [5, 5.41) is 2.73. The van der Waals surface area contributed by atoms with E-state index in [1.165, 1.54) is 12.8 Å². The molecule has 0 aromatic carbocycles. The Hall–Kier alpha value is -0.810. The normalized spacial score (nSPS) is 10.7. The van der Waals surface area contributed by atoms with E-state index < -0.39 is 0 Å². The van der Waals surface area contributed by atoms with Crippen molar-refractivity contribution in [3.63, 3.8) is 0 Å². The Morgan fingerprint density at radius 2 is 1.89 bits per heavy atom. The predicted octanol–water partition coefficient (Wildman–Crippen LogP) is 1.87. The van der Waals surface area contributed by atoms with E-state index in [4.69, 9.17) is 9.47 Å². The Bertz CT molecular complexity index is 199. The molecule has 0 aliphatic rings. The molecule has 5 nitrogen and oxygen atoms in total. The van der Waals surface area contributed by atoms with E-state index in [1.807, 2.05) is 19.0 Å². The topological polar surface area (TPSA) is 50.8 Å². The second-order valence-corrected chi connectivity index (χ2v) is 4.54. The maximum atomic E-state index is 11.2. The Balaban J connectivity index is 3.17. The SMILES string of the molecule is CCCCCCNC(=O)OCCOCCN(C)C. The minimum atomic E-state index is -0.345. The van der Waals surface area contributed by atoms with Crippen molar-refractivity contribution < 1.29 is 14.3 Å². The molecule has 0 aliphatic heterocycles. The molecule has 18 heavy (non-hydrogen) atoms. The van der Waals surface area contributed by atoms with Crippen molar-refractivity contribution >= 4 is 6.09 Å². The van der Waals surface area contributed by atoms with Crippen LogP contribution in [-0.2, 0) is 9.47 Å². The van der Waals surface area contributed by atoms with Gasteiger partial charge >= 0.3 is 6.09 Å². The highest BCUT2D eigenvalue weighted by Crippen LogP contribution is 1.97. The molecular weight excluding hydrogens is 232 g/mol. The van der Waals surface area contributed by atoms with Gasteiger partial charge in [0, 0.05) is 13.1 Å². The number of hydrogen-bond acceptors (Lipinski definition) is 4.